The molecule has 3 aromatic rings. The van der Waals surface area contributed by atoms with Crippen LogP contribution in [0.2, 0.25) is 0 Å². The van der Waals surface area contributed by atoms with Crippen molar-refractivity contribution in [3.05, 3.63) is 48.0 Å². The van der Waals surface area contributed by atoms with Gasteiger partial charge in [-0.3, -0.25) is 0 Å². The normalized spacial score (nSPS) is 13.6. The van der Waals surface area contributed by atoms with E-state index < -0.39 is 0 Å². The zero-order valence-electron chi connectivity index (χ0n) is 9.51. The van der Waals surface area contributed by atoms with Crippen LogP contribution in [0.15, 0.2) is 42.5 Å². The van der Waals surface area contributed by atoms with Crippen molar-refractivity contribution in [3.63, 3.8) is 0 Å². The second kappa shape index (κ2) is 3.58. The van der Waals surface area contributed by atoms with E-state index in [4.69, 9.17) is 9.78 Å². The number of aromatic amines is 1. The molecule has 2 heterocycles. The summed E-state index contributed by atoms with van der Waals surface area (Å²) in [6, 6.07) is 13.9. The second-order valence-electron chi connectivity index (χ2n) is 4.27. The second-order valence-corrected chi connectivity index (χ2v) is 4.27. The molecule has 0 bridgehead atoms. The minimum Gasteiger partial charge on any atom is -0.338 e. The van der Waals surface area contributed by atoms with Crippen LogP contribution in [-0.2, 0) is 11.5 Å². The average Bonchev–Trinajstić information content (AvgIpc) is 3.04. The van der Waals surface area contributed by atoms with Crippen LogP contribution >= 0.6 is 0 Å². The van der Waals surface area contributed by atoms with Crippen LogP contribution in [0, 0.1) is 0 Å². The van der Waals surface area contributed by atoms with Gasteiger partial charge in [0.2, 0.25) is 0 Å². The minimum atomic E-state index is 0.510. The van der Waals surface area contributed by atoms with Crippen LogP contribution in [0.5, 0.6) is 5.75 Å². The zero-order chi connectivity index (χ0) is 11.9. The quantitative estimate of drug-likeness (QED) is 0.663. The maximum atomic E-state index is 5.09. The third-order valence-electron chi connectivity index (χ3n) is 3.09. The maximum absolute atomic E-state index is 5.09. The number of H-pyrrole nitrogens is 1. The highest BCUT2D eigenvalue weighted by atomic mass is 17.2. The molecule has 1 aliphatic heterocycles. The number of nitrogens with one attached hydrogen (secondary N) is 1. The Morgan fingerprint density at radius 3 is 3.00 bits per heavy atom. The van der Waals surface area contributed by atoms with Crippen molar-refractivity contribution in [1.82, 2.24) is 9.97 Å². The summed E-state index contributed by atoms with van der Waals surface area (Å²) in [5.74, 6) is 1.61. The number of fused-ring (bicyclic) bond motifs is 2. The van der Waals surface area contributed by atoms with Gasteiger partial charge in [-0.1, -0.05) is 24.3 Å². The summed E-state index contributed by atoms with van der Waals surface area (Å²) in [7, 11) is 0. The first-order valence-corrected chi connectivity index (χ1v) is 5.78. The van der Waals surface area contributed by atoms with Gasteiger partial charge < -0.3 is 9.87 Å². The van der Waals surface area contributed by atoms with Crippen LogP contribution in [0.3, 0.4) is 0 Å². The van der Waals surface area contributed by atoms with Crippen LogP contribution < -0.4 is 4.89 Å². The first kappa shape index (κ1) is 9.67. The third-order valence-corrected chi connectivity index (χ3v) is 3.09. The molecule has 4 heteroatoms. The van der Waals surface area contributed by atoms with Crippen molar-refractivity contribution in [3.8, 4) is 17.1 Å². The van der Waals surface area contributed by atoms with E-state index in [0.29, 0.717) is 6.61 Å². The molecule has 0 saturated heterocycles. The van der Waals surface area contributed by atoms with Crippen molar-refractivity contribution >= 4 is 11.0 Å². The van der Waals surface area contributed by atoms with E-state index in [-0.39, 0.29) is 0 Å². The Labute approximate surface area is 103 Å². The summed E-state index contributed by atoms with van der Waals surface area (Å²) >= 11 is 0. The smallest absolute Gasteiger partial charge is 0.171 e. The molecule has 4 rings (SSSR count). The summed E-state index contributed by atoms with van der Waals surface area (Å²) in [4.78, 5) is 17.9. The fourth-order valence-corrected chi connectivity index (χ4v) is 2.14. The topological polar surface area (TPSA) is 47.1 Å². The standard InChI is InChI=1S/C14H10N2O2/c1-2-4-12-11(3-1)15-14(16-12)9-5-6-10-8-17-18-13(10)7-9/h1-7H,8H2,(H,15,16). The van der Waals surface area contributed by atoms with Gasteiger partial charge in [0.25, 0.3) is 0 Å². The first-order valence-electron chi connectivity index (χ1n) is 5.78. The molecule has 88 valence electrons. The van der Waals surface area contributed by atoms with Crippen LogP contribution in [0.1, 0.15) is 5.56 Å². The van der Waals surface area contributed by atoms with Gasteiger partial charge in [-0.25, -0.2) is 4.98 Å². The highest BCUT2D eigenvalue weighted by Gasteiger charge is 2.15. The van der Waals surface area contributed by atoms with E-state index in [1.54, 1.807) is 0 Å². The van der Waals surface area contributed by atoms with Crippen LogP contribution in [0.25, 0.3) is 22.4 Å². The van der Waals surface area contributed by atoms with Gasteiger partial charge in [-0.2, -0.15) is 4.89 Å². The fourth-order valence-electron chi connectivity index (χ4n) is 2.14. The molecule has 0 saturated carbocycles. The molecule has 0 radical (unpaired) electrons. The zero-order valence-corrected chi connectivity index (χ0v) is 9.51. The van der Waals surface area contributed by atoms with E-state index in [0.717, 1.165) is 33.7 Å². The van der Waals surface area contributed by atoms with Crippen LogP contribution in [0.4, 0.5) is 0 Å². The predicted octanol–water partition coefficient (Wildman–Crippen LogP) is 3.05. The third kappa shape index (κ3) is 1.39. The Hall–Kier alpha value is -2.33. The van der Waals surface area contributed by atoms with Crippen molar-refractivity contribution in [2.75, 3.05) is 0 Å². The van der Waals surface area contributed by atoms with Crippen molar-refractivity contribution < 1.29 is 9.78 Å². The molecular weight excluding hydrogens is 228 g/mol. The fraction of sp³-hybridized carbons (Fsp3) is 0.0714. The number of para-hydroxylation sites is 2. The molecule has 1 aromatic heterocycles. The van der Waals surface area contributed by atoms with Gasteiger partial charge >= 0.3 is 0 Å². The first-order chi connectivity index (χ1) is 8.90. The van der Waals surface area contributed by atoms with Gasteiger partial charge in [0.05, 0.1) is 11.0 Å². The van der Waals surface area contributed by atoms with E-state index in [9.17, 15) is 0 Å². The van der Waals surface area contributed by atoms with E-state index in [1.165, 1.54) is 0 Å². The van der Waals surface area contributed by atoms with Gasteiger partial charge in [0, 0.05) is 11.1 Å². The summed E-state index contributed by atoms with van der Waals surface area (Å²) in [6.45, 7) is 0.510. The number of imidazole rings is 1. The van der Waals surface area contributed by atoms with Gasteiger partial charge in [0.15, 0.2) is 5.75 Å². The van der Waals surface area contributed by atoms with Crippen molar-refractivity contribution in [2.45, 2.75) is 6.61 Å². The molecule has 1 N–H and O–H groups in total. The number of hydrogen-bond donors (Lipinski definition) is 1. The lowest BCUT2D eigenvalue weighted by molar-refractivity contribution is -0.194. The maximum Gasteiger partial charge on any atom is 0.171 e. The average molecular weight is 238 g/mol. The molecule has 0 amide bonds. The Balaban J connectivity index is 1.86. The Morgan fingerprint density at radius 1 is 1.11 bits per heavy atom. The summed E-state index contributed by atoms with van der Waals surface area (Å²) in [5.41, 5.74) is 4.06. The largest absolute Gasteiger partial charge is 0.338 e. The molecule has 0 aliphatic carbocycles. The Kier molecular flexibility index (Phi) is 1.92. The molecule has 0 unspecified atom stereocenters. The Bertz CT molecular complexity index is 700. The SMILES string of the molecule is c1ccc2[nH]c(-c3ccc4c(c3)OOC4)nc2c1. The molecule has 1 aliphatic rings. The minimum absolute atomic E-state index is 0.510. The van der Waals surface area contributed by atoms with Gasteiger partial charge in [0.1, 0.15) is 12.4 Å². The number of nitrogens with zero attached hydrogens (tertiary/aromatic N) is 1. The van der Waals surface area contributed by atoms with Crippen LogP contribution in [-0.4, -0.2) is 9.97 Å². The Morgan fingerprint density at radius 2 is 2.06 bits per heavy atom. The summed E-state index contributed by atoms with van der Waals surface area (Å²) < 4.78 is 0. The highest BCUT2D eigenvalue weighted by molar-refractivity contribution is 5.79. The molecule has 0 atom stereocenters. The number of benzene rings is 2. The van der Waals surface area contributed by atoms with Crippen molar-refractivity contribution in [2.24, 2.45) is 0 Å². The van der Waals surface area contributed by atoms with E-state index in [1.807, 2.05) is 42.5 Å². The number of rotatable bonds is 1. The molecule has 2 aromatic carbocycles. The molecule has 4 nitrogen and oxygen atoms in total. The lowest BCUT2D eigenvalue weighted by Crippen LogP contribution is -1.84. The van der Waals surface area contributed by atoms with E-state index in [2.05, 4.69) is 9.97 Å². The highest BCUT2D eigenvalue weighted by Crippen LogP contribution is 2.31. The molecule has 0 spiro atoms. The molecular formula is C14H10N2O2. The van der Waals surface area contributed by atoms with Gasteiger partial charge in [-0.05, 0) is 18.2 Å². The predicted molar refractivity (Wildman–Crippen MR) is 66.9 cm³/mol. The van der Waals surface area contributed by atoms with E-state index >= 15 is 0 Å². The summed E-state index contributed by atoms with van der Waals surface area (Å²) in [5, 5.41) is 0. The number of aromatic nitrogens is 2. The molecule has 0 fully saturated rings. The lowest BCUT2D eigenvalue weighted by atomic mass is 10.1. The lowest BCUT2D eigenvalue weighted by Gasteiger charge is -1.98. The van der Waals surface area contributed by atoms with Gasteiger partial charge in [-0.15, -0.1) is 0 Å². The summed E-state index contributed by atoms with van der Waals surface area (Å²) in [6.07, 6.45) is 0. The number of hydrogen-bond acceptors (Lipinski definition) is 3. The monoisotopic (exact) mass is 238 g/mol. The van der Waals surface area contributed by atoms with Crippen molar-refractivity contribution in [1.29, 1.82) is 0 Å². The molecule has 18 heavy (non-hydrogen) atoms.